The molecule has 3 nitrogen and oxygen atoms in total. The van der Waals surface area contributed by atoms with Crippen molar-refractivity contribution in [1.82, 2.24) is 10.3 Å². The Balaban J connectivity index is 1.99. The third-order valence-electron chi connectivity index (χ3n) is 2.73. The van der Waals surface area contributed by atoms with E-state index in [0.717, 1.165) is 22.1 Å². The Morgan fingerprint density at radius 1 is 1.25 bits per heavy atom. The SMILES string of the molecule is CCNCc1ccc(OCc2cncc(Br)c2)c(F)c1. The van der Waals surface area contributed by atoms with Gasteiger partial charge in [-0.3, -0.25) is 4.98 Å². The van der Waals surface area contributed by atoms with Gasteiger partial charge in [-0.05, 0) is 46.2 Å². The highest BCUT2D eigenvalue weighted by Crippen LogP contribution is 2.20. The van der Waals surface area contributed by atoms with Crippen molar-refractivity contribution in [3.63, 3.8) is 0 Å². The maximum absolute atomic E-state index is 13.9. The maximum atomic E-state index is 13.9. The first-order valence-corrected chi connectivity index (χ1v) is 7.19. The van der Waals surface area contributed by atoms with E-state index in [2.05, 4.69) is 26.2 Å². The summed E-state index contributed by atoms with van der Waals surface area (Å²) in [5, 5.41) is 3.15. The summed E-state index contributed by atoms with van der Waals surface area (Å²) in [6.07, 6.45) is 3.39. The van der Waals surface area contributed by atoms with E-state index in [0.29, 0.717) is 6.54 Å². The van der Waals surface area contributed by atoms with E-state index in [9.17, 15) is 4.39 Å². The van der Waals surface area contributed by atoms with Crippen LogP contribution in [-0.4, -0.2) is 11.5 Å². The number of nitrogens with one attached hydrogen (secondary N) is 1. The fourth-order valence-corrected chi connectivity index (χ4v) is 2.15. The molecule has 0 bridgehead atoms. The molecule has 0 spiro atoms. The Kier molecular flexibility index (Phi) is 5.49. The predicted octanol–water partition coefficient (Wildman–Crippen LogP) is 3.67. The normalized spacial score (nSPS) is 10.6. The number of benzene rings is 1. The van der Waals surface area contributed by atoms with Crippen LogP contribution in [0.15, 0.2) is 41.1 Å². The van der Waals surface area contributed by atoms with Crippen LogP contribution in [0.5, 0.6) is 5.75 Å². The highest BCUT2D eigenvalue weighted by Gasteiger charge is 2.05. The minimum absolute atomic E-state index is 0.255. The third kappa shape index (κ3) is 4.28. The molecule has 1 aromatic heterocycles. The average molecular weight is 339 g/mol. The Hall–Kier alpha value is -1.46. The van der Waals surface area contributed by atoms with Gasteiger partial charge in [0.25, 0.3) is 0 Å². The molecule has 0 fully saturated rings. The van der Waals surface area contributed by atoms with E-state index < -0.39 is 0 Å². The zero-order valence-corrected chi connectivity index (χ0v) is 12.8. The third-order valence-corrected chi connectivity index (χ3v) is 3.16. The topological polar surface area (TPSA) is 34.1 Å². The molecule has 2 rings (SSSR count). The highest BCUT2D eigenvalue weighted by atomic mass is 79.9. The fourth-order valence-electron chi connectivity index (χ4n) is 1.74. The van der Waals surface area contributed by atoms with Crippen LogP contribution in [0.3, 0.4) is 0 Å². The van der Waals surface area contributed by atoms with Crippen molar-refractivity contribution in [2.45, 2.75) is 20.1 Å². The van der Waals surface area contributed by atoms with Crippen LogP contribution in [0.4, 0.5) is 4.39 Å². The molecular weight excluding hydrogens is 323 g/mol. The predicted molar refractivity (Wildman–Crippen MR) is 80.0 cm³/mol. The number of aromatic nitrogens is 1. The summed E-state index contributed by atoms with van der Waals surface area (Å²) in [7, 11) is 0. The van der Waals surface area contributed by atoms with Gasteiger partial charge in [-0.15, -0.1) is 0 Å². The van der Waals surface area contributed by atoms with Crippen LogP contribution < -0.4 is 10.1 Å². The van der Waals surface area contributed by atoms with Crippen LogP contribution in [0, 0.1) is 5.82 Å². The van der Waals surface area contributed by atoms with Crippen molar-refractivity contribution in [3.05, 3.63) is 58.1 Å². The molecule has 106 valence electrons. The molecule has 1 heterocycles. The second kappa shape index (κ2) is 7.36. The van der Waals surface area contributed by atoms with Gasteiger partial charge in [-0.2, -0.15) is 0 Å². The second-order valence-electron chi connectivity index (χ2n) is 4.35. The Bertz CT molecular complexity index is 578. The zero-order chi connectivity index (χ0) is 14.4. The first-order chi connectivity index (χ1) is 9.69. The van der Waals surface area contributed by atoms with Gasteiger partial charge in [0.1, 0.15) is 6.61 Å². The molecule has 2 aromatic rings. The molecular formula is C15H16BrFN2O. The van der Waals surface area contributed by atoms with Gasteiger partial charge in [0, 0.05) is 29.0 Å². The standard InChI is InChI=1S/C15H16BrFN2O/c1-2-18-7-11-3-4-15(14(17)6-11)20-10-12-5-13(16)9-19-8-12/h3-6,8-9,18H,2,7,10H2,1H3. The summed E-state index contributed by atoms with van der Waals surface area (Å²) in [5.41, 5.74) is 1.79. The monoisotopic (exact) mass is 338 g/mol. The summed E-state index contributed by atoms with van der Waals surface area (Å²) in [6, 6.07) is 6.91. The molecule has 0 unspecified atom stereocenters. The molecule has 0 aliphatic heterocycles. The van der Waals surface area contributed by atoms with E-state index in [-0.39, 0.29) is 18.2 Å². The van der Waals surface area contributed by atoms with Crippen molar-refractivity contribution in [3.8, 4) is 5.75 Å². The zero-order valence-electron chi connectivity index (χ0n) is 11.2. The summed E-state index contributed by atoms with van der Waals surface area (Å²) in [6.45, 7) is 3.81. The molecule has 0 aliphatic rings. The molecule has 0 saturated heterocycles. The van der Waals surface area contributed by atoms with Crippen LogP contribution in [-0.2, 0) is 13.2 Å². The number of rotatable bonds is 6. The van der Waals surface area contributed by atoms with Gasteiger partial charge >= 0.3 is 0 Å². The maximum Gasteiger partial charge on any atom is 0.165 e. The molecule has 0 atom stereocenters. The van der Waals surface area contributed by atoms with E-state index in [1.54, 1.807) is 18.5 Å². The Morgan fingerprint density at radius 3 is 2.80 bits per heavy atom. The molecule has 20 heavy (non-hydrogen) atoms. The molecule has 1 N–H and O–H groups in total. The van der Waals surface area contributed by atoms with E-state index in [1.165, 1.54) is 6.07 Å². The molecule has 0 radical (unpaired) electrons. The van der Waals surface area contributed by atoms with Crippen molar-refractivity contribution in [1.29, 1.82) is 0 Å². The lowest BCUT2D eigenvalue weighted by atomic mass is 10.2. The minimum atomic E-state index is -0.344. The Labute approximate surface area is 126 Å². The average Bonchev–Trinajstić information content (AvgIpc) is 2.44. The van der Waals surface area contributed by atoms with Crippen LogP contribution in [0.25, 0.3) is 0 Å². The van der Waals surface area contributed by atoms with E-state index in [1.807, 2.05) is 19.1 Å². The van der Waals surface area contributed by atoms with Gasteiger partial charge in [0.05, 0.1) is 0 Å². The van der Waals surface area contributed by atoms with Gasteiger partial charge in [0.15, 0.2) is 11.6 Å². The molecule has 0 amide bonds. The summed E-state index contributed by atoms with van der Waals surface area (Å²) >= 11 is 3.34. The smallest absolute Gasteiger partial charge is 0.165 e. The molecule has 1 aromatic carbocycles. The lowest BCUT2D eigenvalue weighted by Gasteiger charge is -2.09. The lowest BCUT2D eigenvalue weighted by Crippen LogP contribution is -2.11. The quantitative estimate of drug-likeness (QED) is 0.872. The van der Waals surface area contributed by atoms with Gasteiger partial charge in [-0.1, -0.05) is 13.0 Å². The van der Waals surface area contributed by atoms with Crippen molar-refractivity contribution >= 4 is 15.9 Å². The van der Waals surface area contributed by atoms with E-state index in [4.69, 9.17) is 4.74 Å². The molecule has 5 heteroatoms. The van der Waals surface area contributed by atoms with E-state index >= 15 is 0 Å². The number of hydrogen-bond donors (Lipinski definition) is 1. The lowest BCUT2D eigenvalue weighted by molar-refractivity contribution is 0.289. The number of hydrogen-bond acceptors (Lipinski definition) is 3. The molecule has 0 saturated carbocycles. The van der Waals surface area contributed by atoms with Crippen molar-refractivity contribution in [2.24, 2.45) is 0 Å². The number of nitrogens with zero attached hydrogens (tertiary/aromatic N) is 1. The largest absolute Gasteiger partial charge is 0.486 e. The second-order valence-corrected chi connectivity index (χ2v) is 5.26. The first kappa shape index (κ1) is 14.9. The molecule has 0 aliphatic carbocycles. The van der Waals surface area contributed by atoms with Crippen LogP contribution in [0.1, 0.15) is 18.1 Å². The van der Waals surface area contributed by atoms with Crippen LogP contribution >= 0.6 is 15.9 Å². The summed E-state index contributed by atoms with van der Waals surface area (Å²) < 4.78 is 20.2. The number of ether oxygens (including phenoxy) is 1. The number of halogens is 2. The minimum Gasteiger partial charge on any atom is -0.486 e. The highest BCUT2D eigenvalue weighted by molar-refractivity contribution is 9.10. The summed E-state index contributed by atoms with van der Waals surface area (Å²) in [4.78, 5) is 4.04. The van der Waals surface area contributed by atoms with Gasteiger partial charge in [0.2, 0.25) is 0 Å². The number of pyridine rings is 1. The van der Waals surface area contributed by atoms with Gasteiger partial charge < -0.3 is 10.1 Å². The van der Waals surface area contributed by atoms with Crippen molar-refractivity contribution in [2.75, 3.05) is 6.54 Å². The fraction of sp³-hybridized carbons (Fsp3) is 0.267. The van der Waals surface area contributed by atoms with Gasteiger partial charge in [-0.25, -0.2) is 4.39 Å². The Morgan fingerprint density at radius 2 is 2.10 bits per heavy atom. The van der Waals surface area contributed by atoms with Crippen LogP contribution in [0.2, 0.25) is 0 Å². The van der Waals surface area contributed by atoms with Crippen molar-refractivity contribution < 1.29 is 9.13 Å². The first-order valence-electron chi connectivity index (χ1n) is 6.40. The summed E-state index contributed by atoms with van der Waals surface area (Å²) in [5.74, 6) is -0.0893.